The number of carbonyl (C=O) groups excluding carboxylic acids is 1. The van der Waals surface area contributed by atoms with Gasteiger partial charge in [0.1, 0.15) is 5.75 Å². The number of hydrogen-bond acceptors (Lipinski definition) is 3. The van der Waals surface area contributed by atoms with Gasteiger partial charge in [-0.25, -0.2) is 0 Å². The van der Waals surface area contributed by atoms with Crippen molar-refractivity contribution in [1.82, 2.24) is 5.32 Å². The molecule has 0 saturated heterocycles. The number of benzene rings is 2. The zero-order valence-electron chi connectivity index (χ0n) is 12.0. The maximum atomic E-state index is 11.7. The Kier molecular flexibility index (Phi) is 5.35. The monoisotopic (exact) mass is 285 g/mol. The van der Waals surface area contributed by atoms with Crippen molar-refractivity contribution in [1.29, 1.82) is 0 Å². The molecule has 0 aliphatic heterocycles. The minimum atomic E-state index is -0.163. The van der Waals surface area contributed by atoms with Gasteiger partial charge in [0.05, 0.1) is 6.61 Å². The summed E-state index contributed by atoms with van der Waals surface area (Å²) >= 11 is 0. The molecule has 0 radical (unpaired) electrons. The van der Waals surface area contributed by atoms with E-state index >= 15 is 0 Å². The topological polar surface area (TPSA) is 58.6 Å². The van der Waals surface area contributed by atoms with Gasteiger partial charge in [0, 0.05) is 6.54 Å². The van der Waals surface area contributed by atoms with Gasteiger partial charge < -0.3 is 15.2 Å². The number of aryl methyl sites for hydroxylation is 1. The van der Waals surface area contributed by atoms with Crippen LogP contribution in [-0.4, -0.2) is 17.6 Å². The highest BCUT2D eigenvalue weighted by molar-refractivity contribution is 5.77. The predicted molar refractivity (Wildman–Crippen MR) is 80.9 cm³/mol. The maximum Gasteiger partial charge on any atom is 0.258 e. The molecular weight excluding hydrogens is 266 g/mol. The van der Waals surface area contributed by atoms with Crippen LogP contribution in [0.4, 0.5) is 0 Å². The summed E-state index contributed by atoms with van der Waals surface area (Å²) in [5, 5.41) is 11.8. The van der Waals surface area contributed by atoms with Crippen molar-refractivity contribution in [2.75, 3.05) is 6.61 Å². The van der Waals surface area contributed by atoms with E-state index in [1.54, 1.807) is 24.3 Å². The van der Waals surface area contributed by atoms with E-state index in [4.69, 9.17) is 9.84 Å². The Labute approximate surface area is 124 Å². The van der Waals surface area contributed by atoms with Gasteiger partial charge in [0.2, 0.25) is 0 Å². The zero-order chi connectivity index (χ0) is 15.1. The van der Waals surface area contributed by atoms with E-state index in [1.165, 1.54) is 0 Å². The molecule has 0 unspecified atom stereocenters. The third kappa shape index (κ3) is 4.61. The second-order valence-corrected chi connectivity index (χ2v) is 4.79. The fraction of sp³-hybridized carbons (Fsp3) is 0.235. The number of ether oxygens (including phenoxy) is 1. The predicted octanol–water partition coefficient (Wildman–Crippen LogP) is 2.18. The number of aliphatic hydroxyl groups excluding tert-OH is 1. The normalized spacial score (nSPS) is 10.2. The average molecular weight is 285 g/mol. The first kappa shape index (κ1) is 15.1. The summed E-state index contributed by atoms with van der Waals surface area (Å²) in [4.78, 5) is 11.7. The number of rotatable bonds is 6. The summed E-state index contributed by atoms with van der Waals surface area (Å²) in [5.41, 5.74) is 3.06. The SMILES string of the molecule is Cc1ccccc1CNC(=O)COc1ccc(CO)cc1. The second-order valence-electron chi connectivity index (χ2n) is 4.79. The third-order valence-electron chi connectivity index (χ3n) is 3.21. The Hall–Kier alpha value is -2.33. The lowest BCUT2D eigenvalue weighted by Gasteiger charge is -2.09. The molecule has 0 atom stereocenters. The lowest BCUT2D eigenvalue weighted by Crippen LogP contribution is -2.28. The van der Waals surface area contributed by atoms with Crippen LogP contribution in [0.5, 0.6) is 5.75 Å². The van der Waals surface area contributed by atoms with Gasteiger partial charge in [-0.05, 0) is 35.7 Å². The molecule has 4 nitrogen and oxygen atoms in total. The molecule has 0 spiro atoms. The molecule has 2 N–H and O–H groups in total. The van der Waals surface area contributed by atoms with Crippen LogP contribution in [0.2, 0.25) is 0 Å². The summed E-state index contributed by atoms with van der Waals surface area (Å²) in [6, 6.07) is 14.9. The van der Waals surface area contributed by atoms with E-state index in [9.17, 15) is 4.79 Å². The minimum Gasteiger partial charge on any atom is -0.484 e. The Bertz CT molecular complexity index is 593. The molecule has 0 heterocycles. The Morgan fingerprint density at radius 1 is 1.14 bits per heavy atom. The van der Waals surface area contributed by atoms with Crippen LogP contribution < -0.4 is 10.1 Å². The largest absolute Gasteiger partial charge is 0.484 e. The molecule has 1 amide bonds. The lowest BCUT2D eigenvalue weighted by molar-refractivity contribution is -0.123. The van der Waals surface area contributed by atoms with Gasteiger partial charge in [-0.3, -0.25) is 4.79 Å². The molecule has 0 aromatic heterocycles. The molecule has 4 heteroatoms. The second kappa shape index (κ2) is 7.45. The summed E-state index contributed by atoms with van der Waals surface area (Å²) in [6.07, 6.45) is 0. The fourth-order valence-corrected chi connectivity index (χ4v) is 1.89. The average Bonchev–Trinajstić information content (AvgIpc) is 2.52. The molecule has 2 aromatic rings. The van der Waals surface area contributed by atoms with Gasteiger partial charge in [-0.2, -0.15) is 0 Å². The number of aliphatic hydroxyl groups is 1. The summed E-state index contributed by atoms with van der Waals surface area (Å²) in [7, 11) is 0. The van der Waals surface area contributed by atoms with Crippen LogP contribution in [0.1, 0.15) is 16.7 Å². The Morgan fingerprint density at radius 3 is 2.52 bits per heavy atom. The molecule has 0 saturated carbocycles. The molecular formula is C17H19NO3. The van der Waals surface area contributed by atoms with Crippen LogP contribution in [0.25, 0.3) is 0 Å². The van der Waals surface area contributed by atoms with Crippen molar-refractivity contribution in [3.05, 3.63) is 65.2 Å². The van der Waals surface area contributed by atoms with Gasteiger partial charge >= 0.3 is 0 Å². The molecule has 0 aliphatic rings. The quantitative estimate of drug-likeness (QED) is 0.855. The lowest BCUT2D eigenvalue weighted by atomic mass is 10.1. The number of amides is 1. The smallest absolute Gasteiger partial charge is 0.258 e. The summed E-state index contributed by atoms with van der Waals surface area (Å²) in [5.74, 6) is 0.447. The standard InChI is InChI=1S/C17H19NO3/c1-13-4-2-3-5-15(13)10-18-17(20)12-21-16-8-6-14(11-19)7-9-16/h2-9,19H,10-12H2,1H3,(H,18,20). The zero-order valence-corrected chi connectivity index (χ0v) is 12.0. The van der Waals surface area contributed by atoms with Gasteiger partial charge in [0.15, 0.2) is 6.61 Å². The van der Waals surface area contributed by atoms with E-state index in [0.717, 1.165) is 16.7 Å². The maximum absolute atomic E-state index is 11.7. The van der Waals surface area contributed by atoms with Crippen LogP contribution in [0.15, 0.2) is 48.5 Å². The van der Waals surface area contributed by atoms with Crippen LogP contribution >= 0.6 is 0 Å². The number of hydrogen-bond donors (Lipinski definition) is 2. The van der Waals surface area contributed by atoms with Crippen LogP contribution in [0.3, 0.4) is 0 Å². The molecule has 2 rings (SSSR count). The first-order valence-corrected chi connectivity index (χ1v) is 6.83. The first-order valence-electron chi connectivity index (χ1n) is 6.83. The van der Waals surface area contributed by atoms with Crippen molar-refractivity contribution in [2.24, 2.45) is 0 Å². The van der Waals surface area contributed by atoms with Crippen molar-refractivity contribution < 1.29 is 14.6 Å². The molecule has 0 fully saturated rings. The Morgan fingerprint density at radius 2 is 1.86 bits per heavy atom. The summed E-state index contributed by atoms with van der Waals surface area (Å²) < 4.78 is 5.39. The molecule has 2 aromatic carbocycles. The highest BCUT2D eigenvalue weighted by Crippen LogP contribution is 2.12. The third-order valence-corrected chi connectivity index (χ3v) is 3.21. The molecule has 0 aliphatic carbocycles. The van der Waals surface area contributed by atoms with E-state index in [0.29, 0.717) is 12.3 Å². The molecule has 21 heavy (non-hydrogen) atoms. The van der Waals surface area contributed by atoms with E-state index in [-0.39, 0.29) is 19.1 Å². The van der Waals surface area contributed by atoms with Crippen molar-refractivity contribution in [3.8, 4) is 5.75 Å². The van der Waals surface area contributed by atoms with Gasteiger partial charge in [-0.1, -0.05) is 36.4 Å². The first-order chi connectivity index (χ1) is 10.2. The Balaban J connectivity index is 1.78. The van der Waals surface area contributed by atoms with Gasteiger partial charge in [-0.15, -0.1) is 0 Å². The van der Waals surface area contributed by atoms with Crippen LogP contribution in [-0.2, 0) is 17.9 Å². The molecule has 110 valence electrons. The number of nitrogens with one attached hydrogen (secondary N) is 1. The van der Waals surface area contributed by atoms with Crippen LogP contribution in [0, 0.1) is 6.92 Å². The van der Waals surface area contributed by atoms with E-state index in [1.807, 2.05) is 31.2 Å². The highest BCUT2D eigenvalue weighted by atomic mass is 16.5. The van der Waals surface area contributed by atoms with E-state index in [2.05, 4.69) is 5.32 Å². The summed E-state index contributed by atoms with van der Waals surface area (Å²) in [6.45, 7) is 2.49. The minimum absolute atomic E-state index is 0.00278. The van der Waals surface area contributed by atoms with Crippen molar-refractivity contribution in [2.45, 2.75) is 20.1 Å². The fourth-order valence-electron chi connectivity index (χ4n) is 1.89. The van der Waals surface area contributed by atoms with Crippen molar-refractivity contribution in [3.63, 3.8) is 0 Å². The van der Waals surface area contributed by atoms with Gasteiger partial charge in [0.25, 0.3) is 5.91 Å². The molecule has 0 bridgehead atoms. The number of carbonyl (C=O) groups is 1. The highest BCUT2D eigenvalue weighted by Gasteiger charge is 2.04. The van der Waals surface area contributed by atoms with E-state index < -0.39 is 0 Å². The van der Waals surface area contributed by atoms with Crippen molar-refractivity contribution >= 4 is 5.91 Å².